The normalized spacial score (nSPS) is 12.0. The summed E-state index contributed by atoms with van der Waals surface area (Å²) < 4.78 is 26.1. The summed E-state index contributed by atoms with van der Waals surface area (Å²) in [5.74, 6) is -1.80. The zero-order chi connectivity index (χ0) is 16.7. The molecule has 0 unspecified atom stereocenters. The third-order valence-corrected chi connectivity index (χ3v) is 3.70. The largest absolute Gasteiger partial charge is 0.351 e. The van der Waals surface area contributed by atoms with Crippen molar-refractivity contribution in [2.75, 3.05) is 13.1 Å². The minimum atomic E-state index is -0.866. The second kappa shape index (κ2) is 8.39. The van der Waals surface area contributed by atoms with Gasteiger partial charge in [0.1, 0.15) is 6.04 Å². The number of nitrogens with one attached hydrogen (secondary N) is 1. The molecule has 2 aromatic rings. The molecule has 23 heavy (non-hydrogen) atoms. The van der Waals surface area contributed by atoms with Gasteiger partial charge in [0.15, 0.2) is 18.2 Å². The molecule has 0 aromatic heterocycles. The van der Waals surface area contributed by atoms with Crippen LogP contribution < -0.4 is 10.6 Å². The number of carbonyl (C=O) groups is 1. The summed E-state index contributed by atoms with van der Waals surface area (Å²) in [5, 5.41) is 4.65. The molecular formula is C18H21F2N2O+. The predicted molar refractivity (Wildman–Crippen MR) is 84.7 cm³/mol. The van der Waals surface area contributed by atoms with E-state index in [0.29, 0.717) is 12.1 Å². The van der Waals surface area contributed by atoms with E-state index in [9.17, 15) is 13.6 Å². The molecule has 0 aliphatic carbocycles. The first-order chi connectivity index (χ1) is 11.1. The predicted octanol–water partition coefficient (Wildman–Crippen LogP) is 1.95. The summed E-state index contributed by atoms with van der Waals surface area (Å²) in [6, 6.07) is 13.6. The Labute approximate surface area is 134 Å². The van der Waals surface area contributed by atoms with Crippen molar-refractivity contribution >= 4 is 5.91 Å². The molecule has 0 bridgehead atoms. The Morgan fingerprint density at radius 1 is 1.13 bits per heavy atom. The molecule has 122 valence electrons. The maximum Gasteiger partial charge on any atom is 0.275 e. The van der Waals surface area contributed by atoms with Gasteiger partial charge < -0.3 is 10.6 Å². The van der Waals surface area contributed by atoms with Crippen LogP contribution in [0.15, 0.2) is 48.5 Å². The summed E-state index contributed by atoms with van der Waals surface area (Å²) in [6.07, 6.45) is 0.783. The van der Waals surface area contributed by atoms with E-state index in [1.54, 1.807) is 5.32 Å². The molecule has 1 atom stereocenters. The van der Waals surface area contributed by atoms with Crippen molar-refractivity contribution in [2.45, 2.75) is 19.4 Å². The van der Waals surface area contributed by atoms with E-state index in [1.807, 2.05) is 37.3 Å². The van der Waals surface area contributed by atoms with E-state index in [0.717, 1.165) is 12.5 Å². The van der Waals surface area contributed by atoms with Crippen LogP contribution in [0.1, 0.15) is 24.1 Å². The second-order valence-electron chi connectivity index (χ2n) is 5.49. The molecule has 0 saturated carbocycles. The van der Waals surface area contributed by atoms with Crippen LogP contribution in [0.3, 0.4) is 0 Å². The van der Waals surface area contributed by atoms with E-state index in [2.05, 4.69) is 5.32 Å². The topological polar surface area (TPSA) is 45.7 Å². The number of hydrogen-bond acceptors (Lipinski definition) is 1. The Balaban J connectivity index is 1.72. The number of benzene rings is 2. The van der Waals surface area contributed by atoms with Gasteiger partial charge >= 0.3 is 0 Å². The van der Waals surface area contributed by atoms with Crippen molar-refractivity contribution in [2.24, 2.45) is 0 Å². The van der Waals surface area contributed by atoms with E-state index < -0.39 is 11.6 Å². The van der Waals surface area contributed by atoms with Gasteiger partial charge in [0.2, 0.25) is 0 Å². The van der Waals surface area contributed by atoms with Crippen LogP contribution in [0.5, 0.6) is 0 Å². The first-order valence-electron chi connectivity index (χ1n) is 7.65. The first kappa shape index (κ1) is 17.1. The van der Waals surface area contributed by atoms with E-state index in [4.69, 9.17) is 0 Å². The van der Waals surface area contributed by atoms with Crippen LogP contribution in [-0.4, -0.2) is 19.0 Å². The summed E-state index contributed by atoms with van der Waals surface area (Å²) in [6.45, 7) is 2.68. The smallest absolute Gasteiger partial charge is 0.275 e. The minimum absolute atomic E-state index is 0.0737. The van der Waals surface area contributed by atoms with E-state index >= 15 is 0 Å². The highest BCUT2D eigenvalue weighted by Gasteiger charge is 2.13. The fourth-order valence-corrected chi connectivity index (χ4v) is 2.28. The number of quaternary nitrogens is 1. The highest BCUT2D eigenvalue weighted by Crippen LogP contribution is 2.12. The lowest BCUT2D eigenvalue weighted by molar-refractivity contribution is -0.682. The molecule has 0 fully saturated rings. The highest BCUT2D eigenvalue weighted by atomic mass is 19.2. The van der Waals surface area contributed by atoms with Gasteiger partial charge in [-0.3, -0.25) is 4.79 Å². The fourth-order valence-electron chi connectivity index (χ4n) is 2.28. The van der Waals surface area contributed by atoms with Crippen LogP contribution >= 0.6 is 0 Å². The molecule has 0 spiro atoms. The average Bonchev–Trinajstić information content (AvgIpc) is 2.56. The molecule has 0 aliphatic rings. The average molecular weight is 319 g/mol. The van der Waals surface area contributed by atoms with Gasteiger partial charge in [-0.25, -0.2) is 8.78 Å². The Morgan fingerprint density at radius 3 is 2.57 bits per heavy atom. The SMILES string of the molecule is C[C@@H]([NH2+]CC(=O)NCCc1ccccc1)c1ccc(F)c(F)c1. The van der Waals surface area contributed by atoms with Gasteiger partial charge in [0.25, 0.3) is 5.91 Å². The summed E-state index contributed by atoms with van der Waals surface area (Å²) in [7, 11) is 0. The maximum absolute atomic E-state index is 13.2. The standard InChI is InChI=1S/C18H20F2N2O/c1-13(15-7-8-16(19)17(20)11-15)22-12-18(23)21-10-9-14-5-3-2-4-6-14/h2-8,11,13,22H,9-10,12H2,1H3,(H,21,23)/p+1/t13-/m1/s1. The van der Waals surface area contributed by atoms with Crippen molar-refractivity contribution in [1.82, 2.24) is 5.32 Å². The van der Waals surface area contributed by atoms with Gasteiger partial charge in [-0.15, -0.1) is 0 Å². The van der Waals surface area contributed by atoms with E-state index in [1.165, 1.54) is 17.7 Å². The molecule has 0 heterocycles. The number of rotatable bonds is 7. The lowest BCUT2D eigenvalue weighted by Gasteiger charge is -2.11. The van der Waals surface area contributed by atoms with Gasteiger partial charge in [-0.2, -0.15) is 0 Å². The van der Waals surface area contributed by atoms with Crippen LogP contribution in [0, 0.1) is 11.6 Å². The number of nitrogens with two attached hydrogens (primary N) is 1. The maximum atomic E-state index is 13.2. The quantitative estimate of drug-likeness (QED) is 0.805. The molecule has 0 aliphatic heterocycles. The summed E-state index contributed by atoms with van der Waals surface area (Å²) >= 11 is 0. The van der Waals surface area contributed by atoms with Crippen LogP contribution in [-0.2, 0) is 11.2 Å². The van der Waals surface area contributed by atoms with E-state index in [-0.39, 0.29) is 18.5 Å². The first-order valence-corrected chi connectivity index (χ1v) is 7.65. The number of carbonyl (C=O) groups excluding carboxylic acids is 1. The van der Waals surface area contributed by atoms with Gasteiger partial charge in [-0.05, 0) is 37.1 Å². The van der Waals surface area contributed by atoms with Gasteiger partial charge in [-0.1, -0.05) is 30.3 Å². The van der Waals surface area contributed by atoms with Crippen molar-refractivity contribution in [3.8, 4) is 0 Å². The zero-order valence-corrected chi connectivity index (χ0v) is 13.1. The monoisotopic (exact) mass is 319 g/mol. The van der Waals surface area contributed by atoms with Crippen LogP contribution in [0.2, 0.25) is 0 Å². The van der Waals surface area contributed by atoms with Crippen molar-refractivity contribution in [1.29, 1.82) is 0 Å². The molecule has 1 amide bonds. The highest BCUT2D eigenvalue weighted by molar-refractivity contribution is 5.76. The molecule has 2 rings (SSSR count). The van der Waals surface area contributed by atoms with Gasteiger partial charge in [0.05, 0.1) is 0 Å². The van der Waals surface area contributed by atoms with Crippen LogP contribution in [0.25, 0.3) is 0 Å². The van der Waals surface area contributed by atoms with Crippen molar-refractivity contribution < 1.29 is 18.9 Å². The number of hydrogen-bond donors (Lipinski definition) is 2. The molecule has 5 heteroatoms. The molecule has 2 aromatic carbocycles. The lowest BCUT2D eigenvalue weighted by atomic mass is 10.1. The minimum Gasteiger partial charge on any atom is -0.351 e. The molecule has 0 saturated heterocycles. The van der Waals surface area contributed by atoms with Crippen molar-refractivity contribution in [3.63, 3.8) is 0 Å². The second-order valence-corrected chi connectivity index (χ2v) is 5.49. The summed E-state index contributed by atoms with van der Waals surface area (Å²) in [4.78, 5) is 11.8. The number of halogens is 2. The molecule has 0 radical (unpaired) electrons. The molecule has 3 nitrogen and oxygen atoms in total. The lowest BCUT2D eigenvalue weighted by Crippen LogP contribution is -2.87. The Bertz CT molecular complexity index is 647. The third-order valence-electron chi connectivity index (χ3n) is 3.70. The Morgan fingerprint density at radius 2 is 1.87 bits per heavy atom. The van der Waals surface area contributed by atoms with Crippen molar-refractivity contribution in [3.05, 3.63) is 71.3 Å². The fraction of sp³-hybridized carbons (Fsp3) is 0.278. The Hall–Kier alpha value is -2.27. The summed E-state index contributed by atoms with van der Waals surface area (Å²) in [5.41, 5.74) is 1.83. The zero-order valence-electron chi connectivity index (χ0n) is 13.1. The van der Waals surface area contributed by atoms with Gasteiger partial charge in [0, 0.05) is 12.1 Å². The third kappa shape index (κ3) is 5.45. The number of amides is 1. The van der Waals surface area contributed by atoms with Crippen LogP contribution in [0.4, 0.5) is 8.78 Å². The molecule has 3 N–H and O–H groups in total. The Kier molecular flexibility index (Phi) is 6.23. The molecular weight excluding hydrogens is 298 g/mol.